The summed E-state index contributed by atoms with van der Waals surface area (Å²) in [5, 5.41) is 4.84. The first-order valence-corrected chi connectivity index (χ1v) is 12.0. The zero-order chi connectivity index (χ0) is 23.2. The molecule has 3 aromatic rings. The molecule has 0 unspecified atom stereocenters. The molecule has 1 amide bonds. The molecule has 1 aromatic heterocycles. The lowest BCUT2D eigenvalue weighted by atomic mass is 10.1. The molecule has 1 aliphatic rings. The Morgan fingerprint density at radius 2 is 1.85 bits per heavy atom. The molecule has 2 heterocycles. The van der Waals surface area contributed by atoms with Crippen molar-refractivity contribution in [3.63, 3.8) is 0 Å². The van der Waals surface area contributed by atoms with Gasteiger partial charge in [-0.15, -0.1) is 0 Å². The van der Waals surface area contributed by atoms with Gasteiger partial charge in [0, 0.05) is 24.4 Å². The molecule has 33 heavy (non-hydrogen) atoms. The Balaban J connectivity index is 1.71. The van der Waals surface area contributed by atoms with Crippen molar-refractivity contribution in [2.45, 2.75) is 13.3 Å². The number of methoxy groups -OCH3 is 1. The highest BCUT2D eigenvalue weighted by Crippen LogP contribution is 2.35. The van der Waals surface area contributed by atoms with E-state index < -0.39 is 0 Å². The van der Waals surface area contributed by atoms with Gasteiger partial charge in [-0.25, -0.2) is 4.68 Å². The van der Waals surface area contributed by atoms with Crippen LogP contribution in [0, 0.1) is 0 Å². The van der Waals surface area contributed by atoms with Gasteiger partial charge in [0.05, 0.1) is 36.0 Å². The number of amides is 1. The Bertz CT molecular complexity index is 1160. The van der Waals surface area contributed by atoms with Gasteiger partial charge in [0.1, 0.15) is 10.1 Å². The van der Waals surface area contributed by atoms with Crippen LogP contribution in [0.25, 0.3) is 23.0 Å². The van der Waals surface area contributed by atoms with E-state index in [4.69, 9.17) is 26.8 Å². The van der Waals surface area contributed by atoms with E-state index in [9.17, 15) is 4.79 Å². The minimum atomic E-state index is -0.108. The summed E-state index contributed by atoms with van der Waals surface area (Å²) in [4.78, 5) is 15.1. The van der Waals surface area contributed by atoms with Gasteiger partial charge >= 0.3 is 0 Å². The van der Waals surface area contributed by atoms with Crippen LogP contribution in [0.15, 0.2) is 65.7 Å². The fraction of sp³-hybridized carbons (Fsp3) is 0.240. The molecule has 170 valence electrons. The Labute approximate surface area is 203 Å². The average molecular weight is 480 g/mol. The number of nitrogens with zero attached hydrogens (tertiary/aromatic N) is 3. The van der Waals surface area contributed by atoms with Crippen molar-refractivity contribution in [3.05, 3.63) is 71.3 Å². The van der Waals surface area contributed by atoms with E-state index in [2.05, 4.69) is 6.92 Å². The molecule has 6 nitrogen and oxygen atoms in total. The normalized spacial score (nSPS) is 15.0. The summed E-state index contributed by atoms with van der Waals surface area (Å²) in [7, 11) is 1.61. The van der Waals surface area contributed by atoms with E-state index in [1.165, 1.54) is 11.8 Å². The second-order valence-corrected chi connectivity index (χ2v) is 9.09. The van der Waals surface area contributed by atoms with Gasteiger partial charge < -0.3 is 9.47 Å². The number of hydrogen-bond acceptors (Lipinski definition) is 6. The Hall–Kier alpha value is -2.94. The average Bonchev–Trinajstić information content (AvgIpc) is 3.38. The standard InChI is InChI=1S/C25H25N3O3S2/c1-3-14-31-21-11-9-18(10-12-21)23-19(17-28(26-23)20-7-5-4-6-8-20)16-22-24(29)27(13-15-30-2)25(32)33-22/h4-12,16-17H,3,13-15H2,1-2H3/b22-16-. The van der Waals surface area contributed by atoms with Crippen molar-refractivity contribution in [2.24, 2.45) is 0 Å². The zero-order valence-electron chi connectivity index (χ0n) is 18.6. The molecule has 0 bridgehead atoms. The summed E-state index contributed by atoms with van der Waals surface area (Å²) < 4.78 is 13.2. The lowest BCUT2D eigenvalue weighted by Crippen LogP contribution is -2.31. The fourth-order valence-electron chi connectivity index (χ4n) is 3.38. The van der Waals surface area contributed by atoms with Crippen LogP contribution in [0.4, 0.5) is 0 Å². The summed E-state index contributed by atoms with van der Waals surface area (Å²) >= 11 is 6.72. The predicted molar refractivity (Wildman–Crippen MR) is 137 cm³/mol. The first kappa shape index (κ1) is 23.2. The molecule has 0 atom stereocenters. The highest BCUT2D eigenvalue weighted by atomic mass is 32.2. The van der Waals surface area contributed by atoms with Gasteiger partial charge in [-0.2, -0.15) is 5.10 Å². The number of carbonyl (C=O) groups is 1. The Morgan fingerprint density at radius 3 is 2.55 bits per heavy atom. The van der Waals surface area contributed by atoms with Crippen LogP contribution in [0.1, 0.15) is 18.9 Å². The third-order valence-corrected chi connectivity index (χ3v) is 6.42. The molecule has 0 radical (unpaired) electrons. The van der Waals surface area contributed by atoms with Crippen molar-refractivity contribution in [1.82, 2.24) is 14.7 Å². The SMILES string of the molecule is CCCOc1ccc(-c2nn(-c3ccccc3)cc2/C=C2\SC(=S)N(CCOC)C2=O)cc1. The van der Waals surface area contributed by atoms with E-state index in [1.807, 2.05) is 71.6 Å². The number of hydrogen-bond donors (Lipinski definition) is 0. The minimum Gasteiger partial charge on any atom is -0.494 e. The molecule has 0 saturated carbocycles. The number of benzene rings is 2. The summed E-state index contributed by atoms with van der Waals surface area (Å²) in [6, 6.07) is 17.8. The number of rotatable bonds is 9. The molecule has 1 saturated heterocycles. The molecule has 1 aliphatic heterocycles. The topological polar surface area (TPSA) is 56.6 Å². The van der Waals surface area contributed by atoms with Crippen molar-refractivity contribution in [2.75, 3.05) is 26.9 Å². The fourth-order valence-corrected chi connectivity index (χ4v) is 4.68. The highest BCUT2D eigenvalue weighted by molar-refractivity contribution is 8.26. The third-order valence-electron chi connectivity index (χ3n) is 5.04. The van der Waals surface area contributed by atoms with Gasteiger partial charge in [-0.3, -0.25) is 9.69 Å². The van der Waals surface area contributed by atoms with E-state index in [-0.39, 0.29) is 5.91 Å². The quantitative estimate of drug-likeness (QED) is 0.312. The summed E-state index contributed by atoms with van der Waals surface area (Å²) in [6.45, 7) is 3.63. The first-order chi connectivity index (χ1) is 16.1. The lowest BCUT2D eigenvalue weighted by molar-refractivity contribution is -0.122. The number of aromatic nitrogens is 2. The molecule has 8 heteroatoms. The van der Waals surface area contributed by atoms with Gasteiger partial charge in [-0.1, -0.05) is 49.1 Å². The van der Waals surface area contributed by atoms with E-state index in [1.54, 1.807) is 12.0 Å². The van der Waals surface area contributed by atoms with Crippen LogP contribution in [0.3, 0.4) is 0 Å². The number of thiocarbonyl (C=S) groups is 1. The molecule has 0 N–H and O–H groups in total. The Kier molecular flexibility index (Phi) is 7.59. The van der Waals surface area contributed by atoms with Crippen molar-refractivity contribution in [1.29, 1.82) is 0 Å². The summed E-state index contributed by atoms with van der Waals surface area (Å²) in [5.41, 5.74) is 3.50. The third kappa shape index (κ3) is 5.35. The maximum Gasteiger partial charge on any atom is 0.266 e. The lowest BCUT2D eigenvalue weighted by Gasteiger charge is -2.12. The van der Waals surface area contributed by atoms with Gasteiger partial charge in [-0.05, 0) is 48.9 Å². The Morgan fingerprint density at radius 1 is 1.09 bits per heavy atom. The smallest absolute Gasteiger partial charge is 0.266 e. The van der Waals surface area contributed by atoms with E-state index >= 15 is 0 Å². The van der Waals surface area contributed by atoms with Crippen molar-refractivity contribution in [3.8, 4) is 22.7 Å². The van der Waals surface area contributed by atoms with Crippen LogP contribution in [-0.2, 0) is 9.53 Å². The largest absolute Gasteiger partial charge is 0.494 e. The maximum absolute atomic E-state index is 12.9. The molecular weight excluding hydrogens is 454 g/mol. The summed E-state index contributed by atoms with van der Waals surface area (Å²) in [5.74, 6) is 0.715. The first-order valence-electron chi connectivity index (χ1n) is 10.7. The molecule has 4 rings (SSSR count). The highest BCUT2D eigenvalue weighted by Gasteiger charge is 2.32. The van der Waals surface area contributed by atoms with Crippen molar-refractivity contribution < 1.29 is 14.3 Å². The number of ether oxygens (including phenoxy) is 2. The van der Waals surface area contributed by atoms with E-state index in [0.29, 0.717) is 29.0 Å². The zero-order valence-corrected chi connectivity index (χ0v) is 20.2. The molecular formula is C25H25N3O3S2. The summed E-state index contributed by atoms with van der Waals surface area (Å²) in [6.07, 6.45) is 4.76. The van der Waals surface area contributed by atoms with Gasteiger partial charge in [0.15, 0.2) is 0 Å². The minimum absolute atomic E-state index is 0.108. The second-order valence-electron chi connectivity index (χ2n) is 7.41. The van der Waals surface area contributed by atoms with Gasteiger partial charge in [0.25, 0.3) is 5.91 Å². The number of thioether (sulfide) groups is 1. The van der Waals surface area contributed by atoms with Crippen molar-refractivity contribution >= 4 is 40.3 Å². The van der Waals surface area contributed by atoms with E-state index in [0.717, 1.165) is 34.7 Å². The molecule has 1 fully saturated rings. The van der Waals surface area contributed by atoms with Gasteiger partial charge in [0.2, 0.25) is 0 Å². The monoisotopic (exact) mass is 479 g/mol. The van der Waals surface area contributed by atoms with Crippen LogP contribution in [0.5, 0.6) is 5.75 Å². The predicted octanol–water partition coefficient (Wildman–Crippen LogP) is 5.18. The second kappa shape index (κ2) is 10.8. The van der Waals surface area contributed by atoms with Crippen LogP contribution >= 0.6 is 24.0 Å². The molecule has 0 aliphatic carbocycles. The number of para-hydroxylation sites is 1. The maximum atomic E-state index is 12.9. The number of carbonyl (C=O) groups excluding carboxylic acids is 1. The van der Waals surface area contributed by atoms with Crippen LogP contribution in [-0.4, -0.2) is 51.8 Å². The van der Waals surface area contributed by atoms with Crippen LogP contribution < -0.4 is 4.74 Å². The molecule has 0 spiro atoms. The van der Waals surface area contributed by atoms with Crippen LogP contribution in [0.2, 0.25) is 0 Å². The molecule has 2 aromatic carbocycles.